The number of aliphatic hydroxyl groups is 1. The van der Waals surface area contributed by atoms with Crippen LogP contribution < -0.4 is 0 Å². The summed E-state index contributed by atoms with van der Waals surface area (Å²) in [5.41, 5.74) is 0.342. The lowest BCUT2D eigenvalue weighted by Crippen LogP contribution is -2.42. The molecule has 2 heteroatoms. The summed E-state index contributed by atoms with van der Waals surface area (Å²) in [4.78, 5) is 0. The summed E-state index contributed by atoms with van der Waals surface area (Å²) in [6.07, 6.45) is 2.04. The van der Waals surface area contributed by atoms with Crippen LogP contribution >= 0.6 is 0 Å². The van der Waals surface area contributed by atoms with Crippen LogP contribution in [0.4, 0.5) is 0 Å². The molecule has 0 amide bonds. The van der Waals surface area contributed by atoms with Gasteiger partial charge in [0, 0.05) is 12.0 Å². The van der Waals surface area contributed by atoms with Gasteiger partial charge in [-0.25, -0.2) is 0 Å². The molecule has 54 valence electrons. The van der Waals surface area contributed by atoms with Crippen LogP contribution in [0.2, 0.25) is 0 Å². The SMILES string of the molecule is CCC1(CCO)COC1. The number of ether oxygens (including phenoxy) is 1. The molecule has 0 radical (unpaired) electrons. The standard InChI is InChI=1S/C7H14O2/c1-2-7(3-4-8)5-9-6-7/h8H,2-6H2,1H3. The van der Waals surface area contributed by atoms with Crippen LogP contribution in [-0.4, -0.2) is 24.9 Å². The summed E-state index contributed by atoms with van der Waals surface area (Å²) in [5, 5.41) is 8.64. The minimum atomic E-state index is 0.303. The van der Waals surface area contributed by atoms with Crippen molar-refractivity contribution < 1.29 is 9.84 Å². The third-order valence-electron chi connectivity index (χ3n) is 2.21. The third-order valence-corrected chi connectivity index (χ3v) is 2.21. The molecular weight excluding hydrogens is 116 g/mol. The van der Waals surface area contributed by atoms with E-state index in [-0.39, 0.29) is 0 Å². The van der Waals surface area contributed by atoms with E-state index in [4.69, 9.17) is 9.84 Å². The lowest BCUT2D eigenvalue weighted by atomic mass is 9.80. The first kappa shape index (κ1) is 7.03. The first-order chi connectivity index (χ1) is 4.33. The Kier molecular flexibility index (Phi) is 2.09. The molecule has 0 spiro atoms. The molecule has 0 aromatic heterocycles. The van der Waals surface area contributed by atoms with E-state index in [2.05, 4.69) is 6.92 Å². The normalized spacial score (nSPS) is 23.3. The monoisotopic (exact) mass is 130 g/mol. The maximum Gasteiger partial charge on any atom is 0.0545 e. The molecule has 0 saturated carbocycles. The number of aliphatic hydroxyl groups excluding tert-OH is 1. The average molecular weight is 130 g/mol. The molecule has 0 atom stereocenters. The Bertz CT molecular complexity index is 81.4. The van der Waals surface area contributed by atoms with Gasteiger partial charge in [-0.05, 0) is 12.8 Å². The van der Waals surface area contributed by atoms with Crippen LogP contribution in [-0.2, 0) is 4.74 Å². The second-order valence-electron chi connectivity index (χ2n) is 2.82. The van der Waals surface area contributed by atoms with Crippen molar-refractivity contribution in [1.82, 2.24) is 0 Å². The molecule has 0 aromatic rings. The summed E-state index contributed by atoms with van der Waals surface area (Å²) in [7, 11) is 0. The van der Waals surface area contributed by atoms with E-state index < -0.39 is 0 Å². The quantitative estimate of drug-likeness (QED) is 0.612. The Balaban J connectivity index is 2.28. The summed E-state index contributed by atoms with van der Waals surface area (Å²) < 4.78 is 5.07. The lowest BCUT2D eigenvalue weighted by Gasteiger charge is -2.40. The zero-order valence-corrected chi connectivity index (χ0v) is 5.89. The molecule has 1 rings (SSSR count). The van der Waals surface area contributed by atoms with Gasteiger partial charge in [-0.2, -0.15) is 0 Å². The van der Waals surface area contributed by atoms with E-state index in [0.717, 1.165) is 26.1 Å². The van der Waals surface area contributed by atoms with Gasteiger partial charge in [-0.1, -0.05) is 6.92 Å². The maximum absolute atomic E-state index is 8.64. The zero-order valence-electron chi connectivity index (χ0n) is 5.89. The fourth-order valence-electron chi connectivity index (χ4n) is 1.15. The van der Waals surface area contributed by atoms with Gasteiger partial charge in [0.15, 0.2) is 0 Å². The van der Waals surface area contributed by atoms with Gasteiger partial charge in [0.25, 0.3) is 0 Å². The Morgan fingerprint density at radius 1 is 1.56 bits per heavy atom. The molecule has 0 bridgehead atoms. The zero-order chi connectivity index (χ0) is 6.74. The summed E-state index contributed by atoms with van der Waals surface area (Å²) in [6.45, 7) is 4.16. The summed E-state index contributed by atoms with van der Waals surface area (Å²) in [5.74, 6) is 0. The number of rotatable bonds is 3. The van der Waals surface area contributed by atoms with Crippen molar-refractivity contribution in [2.45, 2.75) is 19.8 Å². The Morgan fingerprint density at radius 2 is 2.22 bits per heavy atom. The molecule has 1 saturated heterocycles. The predicted octanol–water partition coefficient (Wildman–Crippen LogP) is 0.795. The highest BCUT2D eigenvalue weighted by molar-refractivity contribution is 4.83. The van der Waals surface area contributed by atoms with Crippen molar-refractivity contribution in [3.8, 4) is 0 Å². The molecule has 1 fully saturated rings. The van der Waals surface area contributed by atoms with E-state index in [1.807, 2.05) is 0 Å². The minimum absolute atomic E-state index is 0.303. The molecule has 1 heterocycles. The fourth-order valence-corrected chi connectivity index (χ4v) is 1.15. The Labute approximate surface area is 55.8 Å². The highest BCUT2D eigenvalue weighted by Crippen LogP contribution is 2.34. The van der Waals surface area contributed by atoms with E-state index in [0.29, 0.717) is 12.0 Å². The van der Waals surface area contributed by atoms with Crippen LogP contribution in [0.3, 0.4) is 0 Å². The molecule has 1 aliphatic heterocycles. The van der Waals surface area contributed by atoms with Crippen molar-refractivity contribution >= 4 is 0 Å². The van der Waals surface area contributed by atoms with Gasteiger partial charge in [0.05, 0.1) is 13.2 Å². The molecule has 1 N–H and O–H groups in total. The molecule has 2 nitrogen and oxygen atoms in total. The highest BCUT2D eigenvalue weighted by Gasteiger charge is 2.35. The van der Waals surface area contributed by atoms with Gasteiger partial charge >= 0.3 is 0 Å². The van der Waals surface area contributed by atoms with Crippen LogP contribution in [0.25, 0.3) is 0 Å². The van der Waals surface area contributed by atoms with Crippen molar-refractivity contribution in [1.29, 1.82) is 0 Å². The van der Waals surface area contributed by atoms with E-state index in [1.165, 1.54) is 0 Å². The van der Waals surface area contributed by atoms with Gasteiger partial charge in [-0.3, -0.25) is 0 Å². The number of hydrogen-bond acceptors (Lipinski definition) is 2. The molecule has 0 aromatic carbocycles. The van der Waals surface area contributed by atoms with Gasteiger partial charge in [0.2, 0.25) is 0 Å². The first-order valence-corrected chi connectivity index (χ1v) is 3.51. The second-order valence-corrected chi connectivity index (χ2v) is 2.82. The summed E-state index contributed by atoms with van der Waals surface area (Å²) >= 11 is 0. The highest BCUT2D eigenvalue weighted by atomic mass is 16.5. The predicted molar refractivity (Wildman–Crippen MR) is 35.2 cm³/mol. The smallest absolute Gasteiger partial charge is 0.0545 e. The van der Waals surface area contributed by atoms with Crippen molar-refractivity contribution in [3.63, 3.8) is 0 Å². The van der Waals surface area contributed by atoms with Crippen LogP contribution in [0.15, 0.2) is 0 Å². The first-order valence-electron chi connectivity index (χ1n) is 3.51. The topological polar surface area (TPSA) is 29.5 Å². The Hall–Kier alpha value is -0.0800. The van der Waals surface area contributed by atoms with Crippen LogP contribution in [0, 0.1) is 5.41 Å². The largest absolute Gasteiger partial charge is 0.396 e. The number of hydrogen-bond donors (Lipinski definition) is 1. The molecule has 0 unspecified atom stereocenters. The van der Waals surface area contributed by atoms with Crippen molar-refractivity contribution in [3.05, 3.63) is 0 Å². The third kappa shape index (κ3) is 1.25. The van der Waals surface area contributed by atoms with Gasteiger partial charge in [-0.15, -0.1) is 0 Å². The van der Waals surface area contributed by atoms with Gasteiger partial charge < -0.3 is 9.84 Å². The average Bonchev–Trinajstić information content (AvgIpc) is 1.79. The van der Waals surface area contributed by atoms with Crippen molar-refractivity contribution in [2.75, 3.05) is 19.8 Å². The molecule has 0 aliphatic carbocycles. The van der Waals surface area contributed by atoms with E-state index in [1.54, 1.807) is 0 Å². The van der Waals surface area contributed by atoms with Gasteiger partial charge in [0.1, 0.15) is 0 Å². The molecule has 9 heavy (non-hydrogen) atoms. The molecular formula is C7H14O2. The maximum atomic E-state index is 8.64. The fraction of sp³-hybridized carbons (Fsp3) is 1.00. The van der Waals surface area contributed by atoms with E-state index >= 15 is 0 Å². The Morgan fingerprint density at radius 3 is 2.33 bits per heavy atom. The van der Waals surface area contributed by atoms with Crippen LogP contribution in [0.5, 0.6) is 0 Å². The van der Waals surface area contributed by atoms with E-state index in [9.17, 15) is 0 Å². The minimum Gasteiger partial charge on any atom is -0.396 e. The molecule has 1 aliphatic rings. The van der Waals surface area contributed by atoms with Crippen LogP contribution in [0.1, 0.15) is 19.8 Å². The lowest BCUT2D eigenvalue weighted by molar-refractivity contribution is -0.124. The second kappa shape index (κ2) is 2.67. The summed E-state index contributed by atoms with van der Waals surface area (Å²) in [6, 6.07) is 0. The van der Waals surface area contributed by atoms with Crippen molar-refractivity contribution in [2.24, 2.45) is 5.41 Å².